The fourth-order valence-electron chi connectivity index (χ4n) is 5.32. The SMILES string of the molecule is Cc1cnc(-c2cncc(CC3CCNCC3)c2)cc1C(=N)c1cc2c(-c3cccc(F)c3)ccnc2[nH]1. The van der Waals surface area contributed by atoms with E-state index in [9.17, 15) is 4.39 Å². The van der Waals surface area contributed by atoms with Gasteiger partial charge in [0.15, 0.2) is 0 Å². The lowest BCUT2D eigenvalue weighted by Crippen LogP contribution is -2.28. The molecule has 1 aliphatic heterocycles. The monoisotopic (exact) mass is 504 g/mol. The molecule has 1 fully saturated rings. The average Bonchev–Trinajstić information content (AvgIpc) is 3.38. The maximum atomic E-state index is 13.9. The van der Waals surface area contributed by atoms with Gasteiger partial charge in [-0.05, 0) is 104 Å². The number of aromatic nitrogens is 4. The van der Waals surface area contributed by atoms with Crippen molar-refractivity contribution in [2.24, 2.45) is 5.92 Å². The number of H-pyrrole nitrogens is 1. The van der Waals surface area contributed by atoms with Crippen LogP contribution in [0, 0.1) is 24.1 Å². The average molecular weight is 505 g/mol. The number of nitrogens with zero attached hydrogens (tertiary/aromatic N) is 3. The molecule has 1 aromatic carbocycles. The van der Waals surface area contributed by atoms with Crippen LogP contribution in [0.15, 0.2) is 73.3 Å². The van der Waals surface area contributed by atoms with Gasteiger partial charge >= 0.3 is 0 Å². The predicted molar refractivity (Wildman–Crippen MR) is 149 cm³/mol. The van der Waals surface area contributed by atoms with Crippen LogP contribution in [0.2, 0.25) is 0 Å². The molecular weight excluding hydrogens is 475 g/mol. The van der Waals surface area contributed by atoms with E-state index in [2.05, 4.69) is 31.3 Å². The molecule has 6 nitrogen and oxygen atoms in total. The number of hydrogen-bond donors (Lipinski definition) is 3. The van der Waals surface area contributed by atoms with Crippen molar-refractivity contribution in [2.45, 2.75) is 26.2 Å². The van der Waals surface area contributed by atoms with E-state index < -0.39 is 0 Å². The summed E-state index contributed by atoms with van der Waals surface area (Å²) in [5, 5.41) is 13.3. The third-order valence-electron chi connectivity index (χ3n) is 7.38. The molecule has 1 saturated heterocycles. The normalized spacial score (nSPS) is 14.2. The molecule has 7 heteroatoms. The van der Waals surface area contributed by atoms with E-state index in [0.29, 0.717) is 23.0 Å². The third kappa shape index (κ3) is 4.85. The minimum absolute atomic E-state index is 0.287. The molecule has 0 spiro atoms. The van der Waals surface area contributed by atoms with E-state index in [4.69, 9.17) is 5.41 Å². The molecule has 0 saturated carbocycles. The fourth-order valence-corrected chi connectivity index (χ4v) is 5.32. The van der Waals surface area contributed by atoms with Gasteiger partial charge in [-0.3, -0.25) is 15.4 Å². The molecule has 0 atom stereocenters. The summed E-state index contributed by atoms with van der Waals surface area (Å²) in [7, 11) is 0. The van der Waals surface area contributed by atoms with Gasteiger partial charge in [0, 0.05) is 41.3 Å². The van der Waals surface area contributed by atoms with Crippen molar-refractivity contribution in [1.29, 1.82) is 5.41 Å². The van der Waals surface area contributed by atoms with Crippen LogP contribution in [0.4, 0.5) is 4.39 Å². The smallest absolute Gasteiger partial charge is 0.138 e. The van der Waals surface area contributed by atoms with E-state index in [1.54, 1.807) is 12.3 Å². The first-order chi connectivity index (χ1) is 18.5. The second-order valence-corrected chi connectivity index (χ2v) is 10.1. The second-order valence-electron chi connectivity index (χ2n) is 10.1. The first-order valence-electron chi connectivity index (χ1n) is 13.0. The van der Waals surface area contributed by atoms with Gasteiger partial charge < -0.3 is 10.3 Å². The van der Waals surface area contributed by atoms with Crippen molar-refractivity contribution in [1.82, 2.24) is 25.3 Å². The van der Waals surface area contributed by atoms with Gasteiger partial charge in [0.1, 0.15) is 11.5 Å². The summed E-state index contributed by atoms with van der Waals surface area (Å²) in [5.74, 6) is 0.390. The van der Waals surface area contributed by atoms with Crippen molar-refractivity contribution >= 4 is 16.7 Å². The molecule has 3 N–H and O–H groups in total. The highest BCUT2D eigenvalue weighted by Gasteiger charge is 2.17. The molecule has 5 heterocycles. The summed E-state index contributed by atoms with van der Waals surface area (Å²) in [6.07, 6.45) is 10.7. The molecule has 5 aromatic rings. The summed E-state index contributed by atoms with van der Waals surface area (Å²) in [4.78, 5) is 16.9. The van der Waals surface area contributed by atoms with Crippen LogP contribution >= 0.6 is 0 Å². The van der Waals surface area contributed by atoms with Gasteiger partial charge in [-0.2, -0.15) is 0 Å². The highest BCUT2D eigenvalue weighted by Crippen LogP contribution is 2.30. The minimum Gasteiger partial charge on any atom is -0.338 e. The number of pyridine rings is 3. The molecule has 190 valence electrons. The number of piperidine rings is 1. The number of aryl methyl sites for hydroxylation is 1. The Labute approximate surface area is 220 Å². The van der Waals surface area contributed by atoms with E-state index in [1.807, 2.05) is 49.8 Å². The lowest BCUT2D eigenvalue weighted by molar-refractivity contribution is 0.372. The lowest BCUT2D eigenvalue weighted by Gasteiger charge is -2.22. The summed E-state index contributed by atoms with van der Waals surface area (Å²) < 4.78 is 13.9. The van der Waals surface area contributed by atoms with Crippen molar-refractivity contribution in [3.05, 3.63) is 102 Å². The molecule has 0 aliphatic carbocycles. The van der Waals surface area contributed by atoms with E-state index >= 15 is 0 Å². The number of nitrogens with one attached hydrogen (secondary N) is 3. The Morgan fingerprint density at radius 2 is 1.87 bits per heavy atom. The Morgan fingerprint density at radius 3 is 2.71 bits per heavy atom. The van der Waals surface area contributed by atoms with E-state index in [1.165, 1.54) is 30.5 Å². The molecule has 6 rings (SSSR count). The highest BCUT2D eigenvalue weighted by atomic mass is 19.1. The largest absolute Gasteiger partial charge is 0.338 e. The zero-order valence-electron chi connectivity index (χ0n) is 21.3. The van der Waals surface area contributed by atoms with Crippen LogP contribution in [-0.2, 0) is 6.42 Å². The standard InChI is InChI=1S/C31H29FN6/c1-19-16-37-28(23-12-21(17-35-18-23)11-20-5-8-34-9-6-20)14-26(19)30(33)29-15-27-25(7-10-36-31(27)38-29)22-3-2-4-24(32)13-22/h2-4,7,10,12-18,20,33-34H,5-6,8-9,11H2,1H3,(H,36,38). The van der Waals surface area contributed by atoms with Gasteiger partial charge in [0.05, 0.1) is 17.1 Å². The van der Waals surface area contributed by atoms with Crippen molar-refractivity contribution in [3.63, 3.8) is 0 Å². The van der Waals surface area contributed by atoms with Gasteiger partial charge in [-0.15, -0.1) is 0 Å². The van der Waals surface area contributed by atoms with Crippen LogP contribution in [0.5, 0.6) is 0 Å². The van der Waals surface area contributed by atoms with Crippen molar-refractivity contribution in [2.75, 3.05) is 13.1 Å². The van der Waals surface area contributed by atoms with Crippen LogP contribution < -0.4 is 5.32 Å². The maximum Gasteiger partial charge on any atom is 0.138 e. The third-order valence-corrected chi connectivity index (χ3v) is 7.38. The Morgan fingerprint density at radius 1 is 1.00 bits per heavy atom. The molecule has 4 aromatic heterocycles. The first-order valence-corrected chi connectivity index (χ1v) is 13.0. The quantitative estimate of drug-likeness (QED) is 0.244. The summed E-state index contributed by atoms with van der Waals surface area (Å²) in [6.45, 7) is 4.12. The van der Waals surface area contributed by atoms with Crippen molar-refractivity contribution < 1.29 is 4.39 Å². The van der Waals surface area contributed by atoms with Crippen molar-refractivity contribution in [3.8, 4) is 22.4 Å². The molecule has 0 radical (unpaired) electrons. The van der Waals surface area contributed by atoms with E-state index in [-0.39, 0.29) is 5.82 Å². The molecule has 0 amide bonds. The molecule has 38 heavy (non-hydrogen) atoms. The molecule has 0 unspecified atom stereocenters. The molecule has 1 aliphatic rings. The Hall–Kier alpha value is -4.23. The summed E-state index contributed by atoms with van der Waals surface area (Å²) in [6, 6.07) is 14.5. The fraction of sp³-hybridized carbons (Fsp3) is 0.226. The first kappa shape index (κ1) is 24.1. The zero-order valence-corrected chi connectivity index (χ0v) is 21.3. The van der Waals surface area contributed by atoms with Gasteiger partial charge in [-0.1, -0.05) is 12.1 Å². The van der Waals surface area contributed by atoms with Crippen LogP contribution in [0.3, 0.4) is 0 Å². The number of aromatic amines is 1. The number of halogens is 1. The Balaban J connectivity index is 1.32. The highest BCUT2D eigenvalue weighted by molar-refractivity contribution is 6.13. The van der Waals surface area contributed by atoms with Gasteiger partial charge in [0.2, 0.25) is 0 Å². The van der Waals surface area contributed by atoms with E-state index in [0.717, 1.165) is 58.4 Å². The van der Waals surface area contributed by atoms with Gasteiger partial charge in [-0.25, -0.2) is 9.37 Å². The summed E-state index contributed by atoms with van der Waals surface area (Å²) in [5.41, 5.74) is 7.98. The zero-order chi connectivity index (χ0) is 26.1. The molecule has 0 bridgehead atoms. The topological polar surface area (TPSA) is 90.3 Å². The minimum atomic E-state index is -0.287. The predicted octanol–water partition coefficient (Wildman–Crippen LogP) is 6.09. The number of rotatable bonds is 6. The van der Waals surface area contributed by atoms with Gasteiger partial charge in [0.25, 0.3) is 0 Å². The number of benzene rings is 1. The number of hydrogen-bond acceptors (Lipinski definition) is 5. The molecular formula is C31H29FN6. The lowest BCUT2D eigenvalue weighted by atomic mass is 9.91. The second kappa shape index (κ2) is 10.3. The number of fused-ring (bicyclic) bond motifs is 1. The maximum absolute atomic E-state index is 13.9. The van der Waals surface area contributed by atoms with Crippen LogP contribution in [-0.4, -0.2) is 38.7 Å². The Kier molecular flexibility index (Phi) is 6.52. The summed E-state index contributed by atoms with van der Waals surface area (Å²) >= 11 is 0. The Bertz CT molecular complexity index is 1630. The van der Waals surface area contributed by atoms with Crippen LogP contribution in [0.25, 0.3) is 33.4 Å². The van der Waals surface area contributed by atoms with Crippen LogP contribution in [0.1, 0.15) is 35.2 Å².